The Morgan fingerprint density at radius 1 is 1.47 bits per heavy atom. The van der Waals surface area contributed by atoms with Crippen LogP contribution in [0, 0.1) is 10.1 Å². The van der Waals surface area contributed by atoms with E-state index < -0.39 is 4.92 Å². The third kappa shape index (κ3) is 2.89. The van der Waals surface area contributed by atoms with Crippen molar-refractivity contribution in [1.82, 2.24) is 9.78 Å². The molecule has 7 nitrogen and oxygen atoms in total. The fourth-order valence-corrected chi connectivity index (χ4v) is 1.74. The first-order valence-electron chi connectivity index (χ1n) is 5.57. The van der Waals surface area contributed by atoms with Gasteiger partial charge in [0.1, 0.15) is 0 Å². The highest BCUT2D eigenvalue weighted by molar-refractivity contribution is 5.48. The Balaban J connectivity index is 2.25. The van der Waals surface area contributed by atoms with Crippen molar-refractivity contribution in [1.29, 1.82) is 0 Å². The van der Waals surface area contributed by atoms with Crippen LogP contribution in [-0.4, -0.2) is 26.9 Å². The van der Waals surface area contributed by atoms with Crippen LogP contribution in [0.3, 0.4) is 0 Å². The van der Waals surface area contributed by atoms with E-state index in [9.17, 15) is 10.1 Å². The number of ether oxygens (including phenoxy) is 1. The number of nitro groups is 1. The minimum atomic E-state index is -0.482. The Hall–Kier alpha value is -2.41. The van der Waals surface area contributed by atoms with Gasteiger partial charge in [-0.15, -0.1) is 0 Å². The lowest BCUT2D eigenvalue weighted by molar-refractivity contribution is -0.385. The van der Waals surface area contributed by atoms with Gasteiger partial charge in [-0.2, -0.15) is 5.10 Å². The first kappa shape index (κ1) is 13.0. The second kappa shape index (κ2) is 5.49. The van der Waals surface area contributed by atoms with Gasteiger partial charge in [0, 0.05) is 17.8 Å². The molecule has 1 heterocycles. The smallest absolute Gasteiger partial charge is 0.311 e. The molecule has 0 amide bonds. The molecule has 0 unspecified atom stereocenters. The molecule has 0 aliphatic heterocycles. The summed E-state index contributed by atoms with van der Waals surface area (Å²) >= 11 is 0. The van der Waals surface area contributed by atoms with E-state index in [0.717, 1.165) is 5.56 Å². The third-order valence-corrected chi connectivity index (χ3v) is 2.65. The lowest BCUT2D eigenvalue weighted by Gasteiger charge is -2.05. The summed E-state index contributed by atoms with van der Waals surface area (Å²) < 4.78 is 6.54. The fraction of sp³-hybridized carbons (Fsp3) is 0.250. The van der Waals surface area contributed by atoms with Crippen LogP contribution in [0.2, 0.25) is 0 Å². The molecular formula is C12H13N3O4. The number of methoxy groups -OCH3 is 1. The summed E-state index contributed by atoms with van der Waals surface area (Å²) in [4.78, 5) is 10.4. The predicted molar refractivity (Wildman–Crippen MR) is 66.9 cm³/mol. The van der Waals surface area contributed by atoms with Gasteiger partial charge in [0.15, 0.2) is 5.75 Å². The molecule has 1 aromatic carbocycles. The number of benzene rings is 1. The van der Waals surface area contributed by atoms with Crippen LogP contribution >= 0.6 is 0 Å². The molecule has 0 saturated heterocycles. The molecule has 0 aliphatic rings. The molecule has 0 bridgehead atoms. The summed E-state index contributed by atoms with van der Waals surface area (Å²) in [6, 6.07) is 4.76. The zero-order chi connectivity index (χ0) is 13.8. The maximum Gasteiger partial charge on any atom is 0.311 e. The quantitative estimate of drug-likeness (QED) is 0.649. The van der Waals surface area contributed by atoms with Crippen molar-refractivity contribution in [3.05, 3.63) is 51.8 Å². The average Bonchev–Trinajstić information content (AvgIpc) is 2.86. The van der Waals surface area contributed by atoms with E-state index in [4.69, 9.17) is 9.84 Å². The molecular weight excluding hydrogens is 250 g/mol. The number of aliphatic hydroxyl groups excluding tert-OH is 1. The van der Waals surface area contributed by atoms with E-state index in [2.05, 4.69) is 5.10 Å². The molecule has 0 fully saturated rings. The number of aromatic nitrogens is 2. The first-order valence-corrected chi connectivity index (χ1v) is 5.57. The van der Waals surface area contributed by atoms with Gasteiger partial charge in [0.25, 0.3) is 0 Å². The van der Waals surface area contributed by atoms with Crippen molar-refractivity contribution in [3.8, 4) is 5.75 Å². The van der Waals surface area contributed by atoms with E-state index in [0.29, 0.717) is 12.1 Å². The van der Waals surface area contributed by atoms with Crippen molar-refractivity contribution in [2.24, 2.45) is 0 Å². The van der Waals surface area contributed by atoms with E-state index in [1.807, 2.05) is 0 Å². The lowest BCUT2D eigenvalue weighted by Crippen LogP contribution is -2.01. The first-order chi connectivity index (χ1) is 9.13. The van der Waals surface area contributed by atoms with Crippen molar-refractivity contribution in [2.45, 2.75) is 13.2 Å². The van der Waals surface area contributed by atoms with Crippen LogP contribution in [0.5, 0.6) is 5.75 Å². The number of nitrogens with zero attached hydrogens (tertiary/aromatic N) is 3. The predicted octanol–water partition coefficient (Wildman–Crippen LogP) is 1.34. The van der Waals surface area contributed by atoms with E-state index in [1.165, 1.54) is 13.2 Å². The van der Waals surface area contributed by atoms with Crippen LogP contribution in [0.15, 0.2) is 30.6 Å². The van der Waals surface area contributed by atoms with Gasteiger partial charge >= 0.3 is 5.69 Å². The molecule has 0 radical (unpaired) electrons. The SMILES string of the molecule is COc1ccc(Cn2cc(CO)cn2)cc1[N+](=O)[O-]. The Morgan fingerprint density at radius 2 is 2.26 bits per heavy atom. The standard InChI is InChI=1S/C12H13N3O4/c1-19-12-3-2-9(4-11(12)15(17)18)6-14-7-10(8-16)5-13-14/h2-5,7,16H,6,8H2,1H3. The number of nitro benzene ring substituents is 1. The van der Waals surface area contributed by atoms with Gasteiger partial charge in [-0.1, -0.05) is 6.07 Å². The summed E-state index contributed by atoms with van der Waals surface area (Å²) in [6.07, 6.45) is 3.24. The van der Waals surface area contributed by atoms with Crippen molar-refractivity contribution < 1.29 is 14.8 Å². The zero-order valence-electron chi connectivity index (χ0n) is 10.3. The molecule has 100 valence electrons. The summed E-state index contributed by atoms with van der Waals surface area (Å²) in [5, 5.41) is 23.9. The van der Waals surface area contributed by atoms with Gasteiger partial charge < -0.3 is 9.84 Å². The summed E-state index contributed by atoms with van der Waals surface area (Å²) in [7, 11) is 1.39. The van der Waals surface area contributed by atoms with Crippen molar-refractivity contribution >= 4 is 5.69 Å². The van der Waals surface area contributed by atoms with E-state index in [1.54, 1.807) is 29.2 Å². The normalized spacial score (nSPS) is 10.4. The number of aliphatic hydroxyl groups is 1. The van der Waals surface area contributed by atoms with Gasteiger partial charge in [0.05, 0.1) is 31.4 Å². The Labute approximate surface area is 109 Å². The molecule has 1 N–H and O–H groups in total. The zero-order valence-corrected chi connectivity index (χ0v) is 10.3. The Bertz CT molecular complexity index is 594. The largest absolute Gasteiger partial charge is 0.490 e. The van der Waals surface area contributed by atoms with Crippen LogP contribution < -0.4 is 4.74 Å². The number of hydrogen-bond donors (Lipinski definition) is 1. The van der Waals surface area contributed by atoms with Crippen LogP contribution in [0.4, 0.5) is 5.69 Å². The van der Waals surface area contributed by atoms with Crippen LogP contribution in [0.25, 0.3) is 0 Å². The van der Waals surface area contributed by atoms with E-state index in [-0.39, 0.29) is 18.0 Å². The van der Waals surface area contributed by atoms with Crippen LogP contribution in [0.1, 0.15) is 11.1 Å². The molecule has 0 spiro atoms. The second-order valence-corrected chi connectivity index (χ2v) is 3.97. The fourth-order valence-electron chi connectivity index (χ4n) is 1.74. The highest BCUT2D eigenvalue weighted by Crippen LogP contribution is 2.27. The summed E-state index contributed by atoms with van der Waals surface area (Å²) in [6.45, 7) is 0.313. The molecule has 2 rings (SSSR count). The highest BCUT2D eigenvalue weighted by atomic mass is 16.6. The summed E-state index contributed by atoms with van der Waals surface area (Å²) in [5.41, 5.74) is 1.36. The van der Waals surface area contributed by atoms with Gasteiger partial charge in [-0.3, -0.25) is 14.8 Å². The number of rotatable bonds is 5. The van der Waals surface area contributed by atoms with Gasteiger partial charge in [-0.05, 0) is 11.6 Å². The van der Waals surface area contributed by atoms with Crippen molar-refractivity contribution in [3.63, 3.8) is 0 Å². The summed E-state index contributed by atoms with van der Waals surface area (Å²) in [5.74, 6) is 0.227. The molecule has 7 heteroatoms. The maximum absolute atomic E-state index is 10.9. The number of hydrogen-bond acceptors (Lipinski definition) is 5. The highest BCUT2D eigenvalue weighted by Gasteiger charge is 2.15. The molecule has 0 aliphatic carbocycles. The Kier molecular flexibility index (Phi) is 3.76. The monoisotopic (exact) mass is 263 g/mol. The minimum absolute atomic E-state index is 0.0745. The second-order valence-electron chi connectivity index (χ2n) is 3.97. The average molecular weight is 263 g/mol. The van der Waals surface area contributed by atoms with Gasteiger partial charge in [-0.25, -0.2) is 0 Å². The molecule has 0 saturated carbocycles. The third-order valence-electron chi connectivity index (χ3n) is 2.65. The Morgan fingerprint density at radius 3 is 2.84 bits per heavy atom. The lowest BCUT2D eigenvalue weighted by atomic mass is 10.2. The molecule has 0 atom stereocenters. The topological polar surface area (TPSA) is 90.4 Å². The van der Waals surface area contributed by atoms with E-state index >= 15 is 0 Å². The maximum atomic E-state index is 10.9. The van der Waals surface area contributed by atoms with Crippen molar-refractivity contribution in [2.75, 3.05) is 7.11 Å². The van der Waals surface area contributed by atoms with Crippen LogP contribution in [-0.2, 0) is 13.2 Å². The minimum Gasteiger partial charge on any atom is -0.490 e. The van der Waals surface area contributed by atoms with Gasteiger partial charge in [0.2, 0.25) is 0 Å². The molecule has 19 heavy (non-hydrogen) atoms. The molecule has 2 aromatic rings. The molecule has 1 aromatic heterocycles.